The topological polar surface area (TPSA) is 106 Å². The Labute approximate surface area is 204 Å². The van der Waals surface area contributed by atoms with Crippen molar-refractivity contribution < 1.29 is 33.3 Å². The van der Waals surface area contributed by atoms with Crippen LogP contribution in [0.4, 0.5) is 0 Å². The van der Waals surface area contributed by atoms with Crippen molar-refractivity contribution >= 4 is 11.8 Å². The Bertz CT molecular complexity index is 1170. The number of hydrogen-bond acceptors (Lipinski definition) is 8. The lowest BCUT2D eigenvalue weighted by atomic mass is 9.73. The van der Waals surface area contributed by atoms with E-state index >= 15 is 0 Å². The molecule has 35 heavy (non-hydrogen) atoms. The number of esters is 1. The minimum Gasteiger partial charge on any atom is -0.493 e. The van der Waals surface area contributed by atoms with Gasteiger partial charge in [-0.25, -0.2) is 4.79 Å². The van der Waals surface area contributed by atoms with Gasteiger partial charge in [-0.1, -0.05) is 30.3 Å². The molecule has 2 aliphatic rings. The minimum absolute atomic E-state index is 0.0556. The zero-order valence-corrected chi connectivity index (χ0v) is 20.3. The SMILES string of the molecule is CCOC(=O)C1=C(N)OC2=C(C(=O)C[C@H](c3ccccc3)C2)[C@@H]1c1cc(OC)c(OC)c(OC)c1. The molecule has 8 heteroatoms. The van der Waals surface area contributed by atoms with Crippen LogP contribution in [0.2, 0.25) is 0 Å². The number of carbonyl (C=O) groups excluding carboxylic acids is 2. The third-order valence-corrected chi connectivity index (χ3v) is 6.33. The second-order valence-electron chi connectivity index (χ2n) is 8.27. The van der Waals surface area contributed by atoms with Gasteiger partial charge >= 0.3 is 5.97 Å². The lowest BCUT2D eigenvalue weighted by Gasteiger charge is -2.35. The molecule has 1 heterocycles. The summed E-state index contributed by atoms with van der Waals surface area (Å²) in [4.78, 5) is 26.7. The minimum atomic E-state index is -0.810. The van der Waals surface area contributed by atoms with Crippen LogP contribution in [0.15, 0.2) is 65.3 Å². The number of methoxy groups -OCH3 is 3. The van der Waals surface area contributed by atoms with E-state index in [1.165, 1.54) is 21.3 Å². The highest BCUT2D eigenvalue weighted by atomic mass is 16.5. The summed E-state index contributed by atoms with van der Waals surface area (Å²) in [6, 6.07) is 13.2. The van der Waals surface area contributed by atoms with Crippen LogP contribution in [0, 0.1) is 0 Å². The molecule has 0 unspecified atom stereocenters. The molecule has 0 saturated heterocycles. The molecule has 184 valence electrons. The molecular weight excluding hydrogens is 450 g/mol. The van der Waals surface area contributed by atoms with E-state index in [1.807, 2.05) is 30.3 Å². The first-order valence-electron chi connectivity index (χ1n) is 11.4. The molecule has 2 aromatic rings. The number of Topliss-reactive ketones (excluding diaryl/α,β-unsaturated/α-hetero) is 1. The summed E-state index contributed by atoms with van der Waals surface area (Å²) in [6.07, 6.45) is 0.756. The fourth-order valence-electron chi connectivity index (χ4n) is 4.78. The van der Waals surface area contributed by atoms with Gasteiger partial charge in [-0.15, -0.1) is 0 Å². The highest BCUT2D eigenvalue weighted by Gasteiger charge is 2.44. The van der Waals surface area contributed by atoms with E-state index in [2.05, 4.69) is 0 Å². The van der Waals surface area contributed by atoms with Crippen LogP contribution in [-0.2, 0) is 19.1 Å². The van der Waals surface area contributed by atoms with Crippen molar-refractivity contribution in [1.82, 2.24) is 0 Å². The van der Waals surface area contributed by atoms with E-state index in [4.69, 9.17) is 29.4 Å². The molecule has 0 fully saturated rings. The Hall–Kier alpha value is -3.94. The van der Waals surface area contributed by atoms with Gasteiger partial charge in [0.25, 0.3) is 0 Å². The van der Waals surface area contributed by atoms with E-state index < -0.39 is 11.9 Å². The third-order valence-electron chi connectivity index (χ3n) is 6.33. The molecule has 4 rings (SSSR count). The normalized spacial score (nSPS) is 19.6. The van der Waals surface area contributed by atoms with Gasteiger partial charge in [0.15, 0.2) is 17.3 Å². The van der Waals surface area contributed by atoms with Crippen molar-refractivity contribution in [2.75, 3.05) is 27.9 Å². The number of nitrogens with two attached hydrogens (primary N) is 1. The molecular formula is C27H29NO7. The fraction of sp³-hybridized carbons (Fsp3) is 0.333. The maximum absolute atomic E-state index is 13.6. The van der Waals surface area contributed by atoms with Crippen molar-refractivity contribution in [2.24, 2.45) is 5.73 Å². The Morgan fingerprint density at radius 1 is 1.00 bits per heavy atom. The highest BCUT2D eigenvalue weighted by Crippen LogP contribution is 2.50. The van der Waals surface area contributed by atoms with Gasteiger partial charge in [0.05, 0.1) is 33.9 Å². The van der Waals surface area contributed by atoms with Gasteiger partial charge in [0, 0.05) is 18.4 Å². The predicted octanol–water partition coefficient (Wildman–Crippen LogP) is 3.96. The molecule has 0 bridgehead atoms. The predicted molar refractivity (Wildman–Crippen MR) is 128 cm³/mol. The van der Waals surface area contributed by atoms with Crippen LogP contribution >= 0.6 is 0 Å². The van der Waals surface area contributed by atoms with Crippen LogP contribution in [0.5, 0.6) is 17.2 Å². The summed E-state index contributed by atoms with van der Waals surface area (Å²) in [5, 5.41) is 0. The Morgan fingerprint density at radius 3 is 2.23 bits per heavy atom. The van der Waals surface area contributed by atoms with Crippen LogP contribution in [0.3, 0.4) is 0 Å². The van der Waals surface area contributed by atoms with Gasteiger partial charge in [0.1, 0.15) is 11.3 Å². The standard InChI is InChI=1S/C27H29NO7/c1-5-34-27(30)24-22(17-13-20(31-2)25(33-4)21(14-17)32-3)23-18(29)11-16(12-19(23)35-26(24)28)15-9-7-6-8-10-15/h6-10,13-14,16,22H,5,11-12,28H2,1-4H3/t16-,22-/m0/s1. The molecule has 8 nitrogen and oxygen atoms in total. The zero-order valence-electron chi connectivity index (χ0n) is 20.3. The Balaban J connectivity index is 1.88. The number of allylic oxidation sites excluding steroid dienone is 2. The maximum atomic E-state index is 13.6. The number of rotatable bonds is 7. The molecule has 2 aromatic carbocycles. The van der Waals surface area contributed by atoms with Gasteiger partial charge in [-0.2, -0.15) is 0 Å². The van der Waals surface area contributed by atoms with Crippen LogP contribution in [0.25, 0.3) is 0 Å². The van der Waals surface area contributed by atoms with Crippen LogP contribution in [0.1, 0.15) is 42.7 Å². The first-order valence-corrected chi connectivity index (χ1v) is 11.4. The molecule has 2 atom stereocenters. The van der Waals surface area contributed by atoms with Crippen LogP contribution < -0.4 is 19.9 Å². The second kappa shape index (κ2) is 10.1. The molecule has 0 aromatic heterocycles. The van der Waals surface area contributed by atoms with Crippen molar-refractivity contribution in [2.45, 2.75) is 31.6 Å². The molecule has 0 radical (unpaired) electrons. The van der Waals surface area contributed by atoms with Gasteiger partial charge < -0.3 is 29.4 Å². The molecule has 1 aliphatic heterocycles. The van der Waals surface area contributed by atoms with Gasteiger partial charge in [-0.3, -0.25) is 4.79 Å². The van der Waals surface area contributed by atoms with Gasteiger partial charge in [-0.05, 0) is 36.1 Å². The summed E-state index contributed by atoms with van der Waals surface area (Å²) in [5.74, 6) is -0.0711. The lowest BCUT2D eigenvalue weighted by molar-refractivity contribution is -0.139. The molecule has 0 saturated carbocycles. The van der Waals surface area contributed by atoms with Crippen molar-refractivity contribution in [3.8, 4) is 17.2 Å². The lowest BCUT2D eigenvalue weighted by Crippen LogP contribution is -2.33. The third kappa shape index (κ3) is 4.43. The molecule has 2 N–H and O–H groups in total. The zero-order chi connectivity index (χ0) is 25.1. The number of ether oxygens (including phenoxy) is 5. The Kier molecular flexibility index (Phi) is 7.00. The summed E-state index contributed by atoms with van der Waals surface area (Å²) >= 11 is 0. The summed E-state index contributed by atoms with van der Waals surface area (Å²) in [5.41, 5.74) is 8.38. The van der Waals surface area contributed by atoms with E-state index in [1.54, 1.807) is 19.1 Å². The largest absolute Gasteiger partial charge is 0.493 e. The summed E-state index contributed by atoms with van der Waals surface area (Å²) in [7, 11) is 4.51. The van der Waals surface area contributed by atoms with E-state index in [-0.39, 0.29) is 36.2 Å². The summed E-state index contributed by atoms with van der Waals surface area (Å²) < 4.78 is 27.7. The summed E-state index contributed by atoms with van der Waals surface area (Å²) in [6.45, 7) is 1.85. The second-order valence-corrected chi connectivity index (χ2v) is 8.27. The molecule has 1 aliphatic carbocycles. The average Bonchev–Trinajstić information content (AvgIpc) is 2.87. The van der Waals surface area contributed by atoms with E-state index in [9.17, 15) is 9.59 Å². The first kappa shape index (κ1) is 24.2. The number of benzene rings is 2. The Morgan fingerprint density at radius 2 is 1.66 bits per heavy atom. The highest BCUT2D eigenvalue weighted by molar-refractivity contribution is 6.03. The van der Waals surface area contributed by atoms with E-state index in [0.717, 1.165) is 5.56 Å². The number of hydrogen-bond donors (Lipinski definition) is 1. The molecule has 0 spiro atoms. The average molecular weight is 480 g/mol. The number of ketones is 1. The van der Waals surface area contributed by atoms with Crippen molar-refractivity contribution in [3.63, 3.8) is 0 Å². The smallest absolute Gasteiger partial charge is 0.340 e. The first-order chi connectivity index (χ1) is 16.9. The quantitative estimate of drug-likeness (QED) is 0.595. The monoisotopic (exact) mass is 479 g/mol. The fourth-order valence-corrected chi connectivity index (χ4v) is 4.78. The molecule has 0 amide bonds. The van der Waals surface area contributed by atoms with Crippen LogP contribution in [-0.4, -0.2) is 39.7 Å². The van der Waals surface area contributed by atoms with Gasteiger partial charge in [0.2, 0.25) is 11.6 Å². The van der Waals surface area contributed by atoms with Crippen molar-refractivity contribution in [3.05, 3.63) is 76.4 Å². The maximum Gasteiger partial charge on any atom is 0.340 e. The van der Waals surface area contributed by atoms with Crippen molar-refractivity contribution in [1.29, 1.82) is 0 Å². The number of carbonyl (C=O) groups is 2. The van der Waals surface area contributed by atoms with E-state index in [0.29, 0.717) is 40.6 Å².